The Balaban J connectivity index is 2.22. The summed E-state index contributed by atoms with van der Waals surface area (Å²) in [6.45, 7) is 7.88. The maximum absolute atomic E-state index is 13.0. The van der Waals surface area contributed by atoms with Gasteiger partial charge in [0.1, 0.15) is 6.04 Å². The Hall–Kier alpha value is -1.84. The number of rotatable bonds is 5. The molecule has 0 spiro atoms. The molecule has 0 radical (unpaired) electrons. The number of alkyl halides is 3. The fourth-order valence-electron chi connectivity index (χ4n) is 2.69. The normalized spacial score (nSPS) is 13.1. The number of carbonyl (C=O) groups excluding carboxylic acids is 1. The van der Waals surface area contributed by atoms with Crippen molar-refractivity contribution in [2.24, 2.45) is 0 Å². The molecule has 0 aliphatic carbocycles. The van der Waals surface area contributed by atoms with Gasteiger partial charge in [0.25, 0.3) is 0 Å². The average molecular weight is 436 g/mol. The lowest BCUT2D eigenvalue weighted by Crippen LogP contribution is -2.33. The Labute approximate surface area is 158 Å². The van der Waals surface area contributed by atoms with Crippen molar-refractivity contribution >= 4 is 21.8 Å². The van der Waals surface area contributed by atoms with Crippen molar-refractivity contribution < 1.29 is 18.0 Å². The van der Waals surface area contributed by atoms with E-state index >= 15 is 0 Å². The van der Waals surface area contributed by atoms with Crippen molar-refractivity contribution in [1.82, 2.24) is 24.5 Å². The van der Waals surface area contributed by atoms with Gasteiger partial charge in [0.05, 0.1) is 15.9 Å². The zero-order valence-electron chi connectivity index (χ0n) is 15.2. The Morgan fingerprint density at radius 2 is 1.96 bits per heavy atom. The first kappa shape index (κ1) is 20.5. The van der Waals surface area contributed by atoms with Crippen molar-refractivity contribution in [2.75, 3.05) is 7.05 Å². The van der Waals surface area contributed by atoms with E-state index in [0.717, 1.165) is 22.5 Å². The van der Waals surface area contributed by atoms with Crippen LogP contribution in [0.4, 0.5) is 13.2 Å². The minimum absolute atomic E-state index is 0.146. The summed E-state index contributed by atoms with van der Waals surface area (Å²) in [6, 6.07) is -0.867. The highest BCUT2D eigenvalue weighted by Crippen LogP contribution is 2.36. The van der Waals surface area contributed by atoms with Crippen molar-refractivity contribution in [1.29, 1.82) is 0 Å². The van der Waals surface area contributed by atoms with Gasteiger partial charge in [0.15, 0.2) is 5.69 Å². The first-order chi connectivity index (χ1) is 12.0. The standard InChI is InChI=1S/C16H21BrF3N5O/c1-6-24-8-12(9(2)21-24)7-23(5)15(26)11(4)25-10(3)13(17)14(22-25)16(18,19)20/h8,11H,6-7H2,1-5H3/t11-/m0/s1. The molecule has 2 rings (SSSR count). The van der Waals surface area contributed by atoms with Gasteiger partial charge in [-0.3, -0.25) is 14.2 Å². The summed E-state index contributed by atoms with van der Waals surface area (Å²) in [7, 11) is 1.61. The van der Waals surface area contributed by atoms with Crippen molar-refractivity contribution in [3.63, 3.8) is 0 Å². The molecular weight excluding hydrogens is 415 g/mol. The van der Waals surface area contributed by atoms with Crippen LogP contribution in [0.25, 0.3) is 0 Å². The molecule has 2 aromatic heterocycles. The first-order valence-electron chi connectivity index (χ1n) is 8.07. The maximum Gasteiger partial charge on any atom is 0.436 e. The molecule has 1 atom stereocenters. The molecule has 2 heterocycles. The van der Waals surface area contributed by atoms with Gasteiger partial charge in [-0.25, -0.2) is 0 Å². The molecule has 2 aromatic rings. The lowest BCUT2D eigenvalue weighted by molar-refractivity contribution is -0.143. The van der Waals surface area contributed by atoms with Gasteiger partial charge in [-0.05, 0) is 43.6 Å². The highest BCUT2D eigenvalue weighted by atomic mass is 79.9. The maximum atomic E-state index is 13.0. The first-order valence-corrected chi connectivity index (χ1v) is 8.86. The average Bonchev–Trinajstić information content (AvgIpc) is 3.06. The van der Waals surface area contributed by atoms with Crippen LogP contribution in [0.15, 0.2) is 10.7 Å². The van der Waals surface area contributed by atoms with Crippen LogP contribution in [0.2, 0.25) is 0 Å². The number of likely N-dealkylation sites (N-methyl/N-ethyl adjacent to an activating group) is 1. The van der Waals surface area contributed by atoms with E-state index in [9.17, 15) is 18.0 Å². The summed E-state index contributed by atoms with van der Waals surface area (Å²) in [5, 5.41) is 7.94. The second-order valence-corrected chi connectivity index (χ2v) is 6.95. The number of aromatic nitrogens is 4. The molecule has 26 heavy (non-hydrogen) atoms. The lowest BCUT2D eigenvalue weighted by atomic mass is 10.2. The van der Waals surface area contributed by atoms with Crippen LogP contribution in [0.5, 0.6) is 0 Å². The van der Waals surface area contributed by atoms with Crippen LogP contribution >= 0.6 is 15.9 Å². The molecule has 0 aliphatic rings. The Kier molecular flexibility index (Phi) is 5.84. The van der Waals surface area contributed by atoms with Crippen LogP contribution in [0.1, 0.15) is 42.5 Å². The van der Waals surface area contributed by atoms with Gasteiger partial charge in [-0.1, -0.05) is 0 Å². The summed E-state index contributed by atoms with van der Waals surface area (Å²) in [4.78, 5) is 14.2. The summed E-state index contributed by atoms with van der Waals surface area (Å²) in [5.74, 6) is -0.333. The van der Waals surface area contributed by atoms with Crippen LogP contribution < -0.4 is 0 Å². The smallest absolute Gasteiger partial charge is 0.339 e. The third-order valence-electron chi connectivity index (χ3n) is 4.23. The molecule has 0 bridgehead atoms. The molecule has 6 nitrogen and oxygen atoms in total. The summed E-state index contributed by atoms with van der Waals surface area (Å²) in [5.41, 5.74) is 0.930. The van der Waals surface area contributed by atoms with Crippen molar-refractivity contribution in [2.45, 2.75) is 53.0 Å². The minimum atomic E-state index is -4.59. The topological polar surface area (TPSA) is 56.0 Å². The van der Waals surface area contributed by atoms with E-state index < -0.39 is 17.9 Å². The minimum Gasteiger partial charge on any atom is -0.339 e. The van der Waals surface area contributed by atoms with Crippen molar-refractivity contribution in [3.8, 4) is 0 Å². The molecule has 0 saturated carbocycles. The molecule has 0 aliphatic heterocycles. The van der Waals surface area contributed by atoms with E-state index in [4.69, 9.17) is 0 Å². The van der Waals surface area contributed by atoms with Gasteiger partial charge in [0.2, 0.25) is 5.91 Å². The van der Waals surface area contributed by atoms with E-state index in [1.54, 1.807) is 11.7 Å². The molecule has 0 N–H and O–H groups in total. The zero-order chi connectivity index (χ0) is 19.8. The van der Waals surface area contributed by atoms with E-state index in [1.165, 1.54) is 18.7 Å². The van der Waals surface area contributed by atoms with Gasteiger partial charge in [0, 0.05) is 31.9 Å². The highest BCUT2D eigenvalue weighted by Gasteiger charge is 2.39. The lowest BCUT2D eigenvalue weighted by Gasteiger charge is -2.22. The molecular formula is C16H21BrF3N5O. The molecule has 0 unspecified atom stereocenters. The van der Waals surface area contributed by atoms with Gasteiger partial charge >= 0.3 is 6.18 Å². The third-order valence-corrected chi connectivity index (χ3v) is 5.17. The second-order valence-electron chi connectivity index (χ2n) is 6.16. The Bertz CT molecular complexity index is 812. The summed E-state index contributed by atoms with van der Waals surface area (Å²) < 4.78 is 41.8. The number of hydrogen-bond donors (Lipinski definition) is 0. The third kappa shape index (κ3) is 3.94. The molecule has 0 saturated heterocycles. The predicted molar refractivity (Wildman–Crippen MR) is 93.5 cm³/mol. The van der Waals surface area contributed by atoms with E-state index in [-0.39, 0.29) is 16.1 Å². The van der Waals surface area contributed by atoms with Gasteiger partial charge < -0.3 is 4.90 Å². The molecule has 144 valence electrons. The predicted octanol–water partition coefficient (Wildman–Crippen LogP) is 3.72. The number of amides is 1. The van der Waals surface area contributed by atoms with E-state index in [0.29, 0.717) is 6.54 Å². The molecule has 0 aromatic carbocycles. The van der Waals surface area contributed by atoms with Gasteiger partial charge in [-0.15, -0.1) is 0 Å². The van der Waals surface area contributed by atoms with Crippen LogP contribution in [0, 0.1) is 13.8 Å². The van der Waals surface area contributed by atoms with Crippen LogP contribution in [0.3, 0.4) is 0 Å². The van der Waals surface area contributed by atoms with Crippen molar-refractivity contribution in [3.05, 3.63) is 33.3 Å². The molecule has 1 amide bonds. The van der Waals surface area contributed by atoms with E-state index in [2.05, 4.69) is 26.1 Å². The largest absolute Gasteiger partial charge is 0.436 e. The number of aryl methyl sites for hydroxylation is 2. The SMILES string of the molecule is CCn1cc(CN(C)C(=O)[C@H](C)n2nc(C(F)(F)F)c(Br)c2C)c(C)n1. The highest BCUT2D eigenvalue weighted by molar-refractivity contribution is 9.10. The quantitative estimate of drug-likeness (QED) is 0.718. The summed E-state index contributed by atoms with van der Waals surface area (Å²) in [6.07, 6.45) is -2.73. The zero-order valence-corrected chi connectivity index (χ0v) is 16.8. The number of hydrogen-bond acceptors (Lipinski definition) is 3. The Morgan fingerprint density at radius 3 is 2.42 bits per heavy atom. The van der Waals surface area contributed by atoms with Crippen LogP contribution in [-0.2, 0) is 24.1 Å². The fourth-order valence-corrected chi connectivity index (χ4v) is 3.18. The second kappa shape index (κ2) is 7.42. The summed E-state index contributed by atoms with van der Waals surface area (Å²) >= 11 is 2.93. The number of carbonyl (C=O) groups is 1. The van der Waals surface area contributed by atoms with Gasteiger partial charge in [-0.2, -0.15) is 23.4 Å². The fraction of sp³-hybridized carbons (Fsp3) is 0.562. The number of halogens is 4. The number of nitrogens with zero attached hydrogens (tertiary/aromatic N) is 5. The molecule has 0 fully saturated rings. The van der Waals surface area contributed by atoms with E-state index in [1.807, 2.05) is 20.0 Å². The van der Waals surface area contributed by atoms with Crippen LogP contribution in [-0.4, -0.2) is 37.4 Å². The monoisotopic (exact) mass is 435 g/mol. The Morgan fingerprint density at radius 1 is 1.35 bits per heavy atom. The molecule has 10 heteroatoms.